The van der Waals surface area contributed by atoms with Gasteiger partial charge in [0, 0.05) is 61.3 Å². The first-order valence-electron chi connectivity index (χ1n) is 18.6. The van der Waals surface area contributed by atoms with E-state index in [1.807, 2.05) is 0 Å². The Labute approximate surface area is 345 Å². The molecule has 60 heavy (non-hydrogen) atoms. The molecule has 3 rings (SSSR count). The second-order valence-electron chi connectivity index (χ2n) is 13.2. The number of nitrogens with one attached hydrogen (secondary N) is 1. The van der Waals surface area contributed by atoms with E-state index in [9.17, 15) is 38.4 Å². The smallest absolute Gasteiger partial charge is 0.303 e. The molecule has 2 fully saturated rings. The zero-order chi connectivity index (χ0) is 44.5. The second kappa shape index (κ2) is 23.6. The average molecular weight is 852 g/mol. The van der Waals surface area contributed by atoms with Crippen LogP contribution in [0.4, 0.5) is 0 Å². The minimum Gasteiger partial charge on any atom is -0.492 e. The highest BCUT2D eigenvalue weighted by Gasteiger charge is 2.58. The molecule has 0 spiro atoms. The summed E-state index contributed by atoms with van der Waals surface area (Å²) in [5.41, 5.74) is 0. The lowest BCUT2D eigenvalue weighted by Gasteiger charge is -2.48. The first-order valence-corrected chi connectivity index (χ1v) is 18.6. The molecule has 0 bridgehead atoms. The van der Waals surface area contributed by atoms with Crippen molar-refractivity contribution in [1.82, 2.24) is 5.32 Å². The van der Waals surface area contributed by atoms with Crippen molar-refractivity contribution in [2.24, 2.45) is 0 Å². The lowest BCUT2D eigenvalue weighted by Crippen LogP contribution is -2.67. The van der Waals surface area contributed by atoms with Gasteiger partial charge in [0.2, 0.25) is 18.3 Å². The molecule has 2 aliphatic heterocycles. The molecule has 10 atom stereocenters. The van der Waals surface area contributed by atoms with Gasteiger partial charge < -0.3 is 62.2 Å². The van der Waals surface area contributed by atoms with Gasteiger partial charge in [-0.15, -0.1) is 12.3 Å². The molecule has 21 nitrogen and oxygen atoms in total. The van der Waals surface area contributed by atoms with Crippen LogP contribution in [0.25, 0.3) is 0 Å². The van der Waals surface area contributed by atoms with Gasteiger partial charge in [-0.2, -0.15) is 0 Å². The van der Waals surface area contributed by atoms with Crippen LogP contribution in [0.1, 0.15) is 61.3 Å². The highest BCUT2D eigenvalue weighted by molar-refractivity contribution is 5.76. The fraction of sp³-hybridized carbons (Fsp3) is 0.590. The van der Waals surface area contributed by atoms with Crippen molar-refractivity contribution in [3.8, 4) is 23.8 Å². The average Bonchev–Trinajstić information content (AvgIpc) is 3.15. The molecule has 2 saturated heterocycles. The number of esters is 7. The van der Waals surface area contributed by atoms with E-state index in [1.54, 1.807) is 0 Å². The topological polar surface area (TPSA) is 259 Å². The number of rotatable bonds is 19. The first kappa shape index (κ1) is 48.4. The molecule has 0 aliphatic carbocycles. The minimum absolute atomic E-state index is 0.130. The van der Waals surface area contributed by atoms with Gasteiger partial charge in [-0.25, -0.2) is 0 Å². The van der Waals surface area contributed by atoms with Gasteiger partial charge in [0.1, 0.15) is 49.6 Å². The monoisotopic (exact) mass is 851 g/mol. The molecule has 21 heteroatoms. The van der Waals surface area contributed by atoms with Crippen molar-refractivity contribution in [3.05, 3.63) is 24.3 Å². The normalized spacial score (nSPS) is 25.8. The van der Waals surface area contributed by atoms with Crippen molar-refractivity contribution in [1.29, 1.82) is 0 Å². The van der Waals surface area contributed by atoms with Gasteiger partial charge in [-0.1, -0.05) is 0 Å². The maximum Gasteiger partial charge on any atom is 0.303 e. The maximum atomic E-state index is 12.7. The van der Waals surface area contributed by atoms with Crippen LogP contribution in [0.15, 0.2) is 24.3 Å². The molecule has 1 N–H and O–H groups in total. The van der Waals surface area contributed by atoms with Crippen LogP contribution >= 0.6 is 0 Å². The third-order valence-electron chi connectivity index (χ3n) is 8.15. The van der Waals surface area contributed by atoms with E-state index in [1.165, 1.54) is 24.3 Å². The molecule has 0 saturated carbocycles. The molecule has 1 aromatic carbocycles. The summed E-state index contributed by atoms with van der Waals surface area (Å²) in [5.74, 6) is -3.35. The Morgan fingerprint density at radius 2 is 1.02 bits per heavy atom. The molecule has 0 radical (unpaired) electrons. The van der Waals surface area contributed by atoms with Gasteiger partial charge >= 0.3 is 41.8 Å². The van der Waals surface area contributed by atoms with E-state index < -0.39 is 116 Å². The van der Waals surface area contributed by atoms with Gasteiger partial charge in [-0.3, -0.25) is 38.4 Å². The summed E-state index contributed by atoms with van der Waals surface area (Å²) in [6.07, 6.45) is -10.5. The summed E-state index contributed by atoms with van der Waals surface area (Å²) in [4.78, 5) is 98.1. The highest BCUT2D eigenvalue weighted by atomic mass is 16.8. The van der Waals surface area contributed by atoms with Crippen LogP contribution in [0.2, 0.25) is 0 Å². The van der Waals surface area contributed by atoms with Gasteiger partial charge in [-0.05, 0) is 24.3 Å². The molecule has 330 valence electrons. The summed E-state index contributed by atoms with van der Waals surface area (Å²) in [5, 5.41) is 2.68. The van der Waals surface area contributed by atoms with E-state index in [0.717, 1.165) is 48.5 Å². The zero-order valence-electron chi connectivity index (χ0n) is 34.1. The molecular weight excluding hydrogens is 802 g/mol. The third kappa shape index (κ3) is 15.6. The predicted molar refractivity (Wildman–Crippen MR) is 197 cm³/mol. The Morgan fingerprint density at radius 1 is 0.583 bits per heavy atom. The third-order valence-corrected chi connectivity index (χ3v) is 8.15. The van der Waals surface area contributed by atoms with Crippen LogP contribution in [-0.4, -0.2) is 135 Å². The van der Waals surface area contributed by atoms with Crippen molar-refractivity contribution >= 4 is 47.7 Å². The van der Waals surface area contributed by atoms with Gasteiger partial charge in [0.05, 0.1) is 6.54 Å². The Morgan fingerprint density at radius 3 is 1.52 bits per heavy atom. The lowest BCUT2D eigenvalue weighted by molar-refractivity contribution is -0.354. The number of terminal acetylenes is 1. The van der Waals surface area contributed by atoms with E-state index in [4.69, 9.17) is 63.3 Å². The van der Waals surface area contributed by atoms with E-state index >= 15 is 0 Å². The molecular formula is C39H49NO20. The number of hydrogen-bond acceptors (Lipinski definition) is 20. The van der Waals surface area contributed by atoms with Crippen molar-refractivity contribution in [2.75, 3.05) is 26.4 Å². The van der Waals surface area contributed by atoms with Crippen molar-refractivity contribution in [3.63, 3.8) is 0 Å². The summed E-state index contributed by atoms with van der Waals surface area (Å²) in [6.45, 7) is 6.55. The van der Waals surface area contributed by atoms with Crippen LogP contribution in [0.5, 0.6) is 11.5 Å². The van der Waals surface area contributed by atoms with Crippen molar-refractivity contribution in [2.45, 2.75) is 123 Å². The largest absolute Gasteiger partial charge is 0.492 e. The number of carbonyl (C=O) groups is 8. The quantitative estimate of drug-likeness (QED) is 0.0864. The number of amides is 1. The van der Waals surface area contributed by atoms with E-state index in [0.29, 0.717) is 12.2 Å². The zero-order valence-corrected chi connectivity index (χ0v) is 34.1. The lowest BCUT2D eigenvalue weighted by atomic mass is 9.96. The molecule has 0 aromatic heterocycles. The number of carbonyl (C=O) groups excluding carboxylic acids is 8. The summed E-state index contributed by atoms with van der Waals surface area (Å²) in [6, 6.07) is 6.04. The Hall–Kier alpha value is -5.98. The minimum atomic E-state index is -1.84. The number of hydrogen-bond donors (Lipinski definition) is 1. The summed E-state index contributed by atoms with van der Waals surface area (Å²) >= 11 is 0. The fourth-order valence-corrected chi connectivity index (χ4v) is 5.95. The molecule has 2 aliphatic rings. The fourth-order valence-electron chi connectivity index (χ4n) is 5.95. The van der Waals surface area contributed by atoms with Crippen LogP contribution in [-0.2, 0) is 85.7 Å². The maximum absolute atomic E-state index is 12.7. The second-order valence-corrected chi connectivity index (χ2v) is 13.2. The molecule has 2 heterocycles. The first-order chi connectivity index (χ1) is 28.4. The Balaban J connectivity index is 2.03. The van der Waals surface area contributed by atoms with Crippen LogP contribution < -0.4 is 14.8 Å². The molecule has 0 unspecified atom stereocenters. The molecule has 1 aromatic rings. The van der Waals surface area contributed by atoms with Gasteiger partial charge in [0.25, 0.3) is 0 Å². The standard InChI is InChI=1S/C39H49NO20/c1-9-10-11-31(48)40-16-17-49-27-12-14-28(15-13-27)57-38-36(55-25(7)46)35(54-24(6)45)33(30(58-38)19-51-21(3)42)60-39-37(56-26(8)47)34(53-23(5)44)32(52-22(4)43)29(59-39)18-50-20(2)41/h1,12-15,29-30,32-39H,10-11,16-19H2,2-8H3,(H,40,48)/t29-,30-,32+,33-,34+,35+,36-,37-,38-,39+/m1/s1. The summed E-state index contributed by atoms with van der Waals surface area (Å²) in [7, 11) is 0. The van der Waals surface area contributed by atoms with Crippen LogP contribution in [0, 0.1) is 12.3 Å². The Bertz CT molecular complexity index is 1720. The number of benzene rings is 1. The van der Waals surface area contributed by atoms with Crippen LogP contribution in [0.3, 0.4) is 0 Å². The number of ether oxygens (including phenoxy) is 12. The predicted octanol–water partition coefficient (Wildman–Crippen LogP) is 0.594. The molecule has 1 amide bonds. The van der Waals surface area contributed by atoms with E-state index in [-0.39, 0.29) is 31.2 Å². The highest BCUT2D eigenvalue weighted by Crippen LogP contribution is 2.36. The van der Waals surface area contributed by atoms with Crippen molar-refractivity contribution < 1.29 is 95.2 Å². The SMILES string of the molecule is C#CCCC(=O)NCCOc1ccc(O[C@@H]2O[C@H](COC(C)=O)[C@@H](O[C@@H]3O[C@H](COC(C)=O)[C@H](OC(C)=O)[C@H](OC(C)=O)[C@H]3OC(C)=O)[C@H](OC(C)=O)[C@H]2OC(C)=O)cc1. The Kier molecular flexibility index (Phi) is 19.0. The van der Waals surface area contributed by atoms with Gasteiger partial charge in [0.15, 0.2) is 30.7 Å². The summed E-state index contributed by atoms with van der Waals surface area (Å²) < 4.78 is 68.5. The van der Waals surface area contributed by atoms with E-state index in [2.05, 4.69) is 11.2 Å².